The summed E-state index contributed by atoms with van der Waals surface area (Å²) in [6, 6.07) is 11.1. The van der Waals surface area contributed by atoms with Gasteiger partial charge < -0.3 is 0 Å². The molecule has 0 aliphatic heterocycles. The van der Waals surface area contributed by atoms with Crippen LogP contribution in [0.1, 0.15) is 111 Å². The fourth-order valence-electron chi connectivity index (χ4n) is 5.15. The molecule has 0 saturated carbocycles. The highest BCUT2D eigenvalue weighted by Gasteiger charge is 2.34. The van der Waals surface area contributed by atoms with Crippen LogP contribution < -0.4 is 0 Å². The Bertz CT molecular complexity index is 1030. The number of allylic oxidation sites excluding steroid dienone is 4. The quantitative estimate of drug-likeness (QED) is 0.355. The lowest BCUT2D eigenvalue weighted by molar-refractivity contribution is 0.0994. The van der Waals surface area contributed by atoms with Crippen molar-refractivity contribution in [2.45, 2.75) is 84.5 Å². The molecule has 2 aromatic rings. The lowest BCUT2D eigenvalue weighted by atomic mass is 9.90. The highest BCUT2D eigenvalue weighted by atomic mass is 16.1. The molecule has 0 saturated heterocycles. The predicted molar refractivity (Wildman–Crippen MR) is 144 cm³/mol. The Hall–Kier alpha value is -2.67. The fraction of sp³-hybridized carbons (Fsp3) is 0.406. The summed E-state index contributed by atoms with van der Waals surface area (Å²) in [6.07, 6.45) is 15.9. The topological polar surface area (TPSA) is 17.1 Å². The molecule has 0 heterocycles. The summed E-state index contributed by atoms with van der Waals surface area (Å²) in [5.41, 5.74) is 10.0. The molecule has 33 heavy (non-hydrogen) atoms. The maximum Gasteiger partial charge on any atom is 0.163 e. The van der Waals surface area contributed by atoms with Crippen molar-refractivity contribution >= 4 is 11.4 Å². The number of carbonyl (C=O) groups excluding carboxylic acids is 1. The summed E-state index contributed by atoms with van der Waals surface area (Å²) >= 11 is 0. The number of fused-ring (bicyclic) bond motifs is 5. The van der Waals surface area contributed by atoms with Gasteiger partial charge in [0.2, 0.25) is 0 Å². The third-order valence-corrected chi connectivity index (χ3v) is 6.94. The molecular weight excluding hydrogens is 400 g/mol. The average molecular weight is 441 g/mol. The van der Waals surface area contributed by atoms with Crippen molar-refractivity contribution in [1.82, 2.24) is 0 Å². The monoisotopic (exact) mass is 440 g/mol. The third-order valence-electron chi connectivity index (χ3n) is 6.94. The molecule has 1 unspecified atom stereocenters. The van der Waals surface area contributed by atoms with Crippen LogP contribution in [0.15, 0.2) is 61.7 Å². The van der Waals surface area contributed by atoms with Gasteiger partial charge in [-0.25, -0.2) is 0 Å². The van der Waals surface area contributed by atoms with E-state index in [2.05, 4.69) is 76.4 Å². The van der Waals surface area contributed by atoms with Crippen LogP contribution in [0.25, 0.3) is 16.7 Å². The number of hydrogen-bond acceptors (Lipinski definition) is 1. The van der Waals surface area contributed by atoms with Crippen LogP contribution in [-0.4, -0.2) is 5.78 Å². The van der Waals surface area contributed by atoms with Crippen LogP contribution in [0.2, 0.25) is 0 Å². The van der Waals surface area contributed by atoms with Gasteiger partial charge in [-0.15, -0.1) is 6.58 Å². The van der Waals surface area contributed by atoms with E-state index in [0.29, 0.717) is 18.1 Å². The van der Waals surface area contributed by atoms with Crippen LogP contribution in [0.3, 0.4) is 0 Å². The van der Waals surface area contributed by atoms with Gasteiger partial charge in [0.25, 0.3) is 0 Å². The zero-order chi connectivity index (χ0) is 23.8. The van der Waals surface area contributed by atoms with E-state index >= 15 is 0 Å². The smallest absolute Gasteiger partial charge is 0.163 e. The molecule has 1 heteroatoms. The van der Waals surface area contributed by atoms with Crippen molar-refractivity contribution in [2.24, 2.45) is 0 Å². The zero-order valence-electron chi connectivity index (χ0n) is 20.9. The number of rotatable bonds is 9. The van der Waals surface area contributed by atoms with Crippen molar-refractivity contribution in [2.75, 3.05) is 0 Å². The van der Waals surface area contributed by atoms with Gasteiger partial charge in [-0.05, 0) is 84.0 Å². The molecule has 0 amide bonds. The van der Waals surface area contributed by atoms with E-state index in [1.54, 1.807) is 0 Å². The molecular formula is C32H40O. The van der Waals surface area contributed by atoms with Crippen molar-refractivity contribution in [3.63, 3.8) is 0 Å². The molecule has 1 atom stereocenters. The summed E-state index contributed by atoms with van der Waals surface area (Å²) in [5.74, 6) is 0.690. The minimum Gasteiger partial charge on any atom is -0.294 e. The van der Waals surface area contributed by atoms with Crippen LogP contribution in [0.4, 0.5) is 0 Å². The van der Waals surface area contributed by atoms with E-state index in [4.69, 9.17) is 0 Å². The number of unbranched alkanes of at least 4 members (excludes halogenated alkanes) is 2. The lowest BCUT2D eigenvalue weighted by Gasteiger charge is -2.13. The molecule has 0 fully saturated rings. The van der Waals surface area contributed by atoms with Crippen LogP contribution >= 0.6 is 0 Å². The Balaban J connectivity index is 0.000000555. The molecule has 0 radical (unpaired) electrons. The number of hydrogen-bond donors (Lipinski definition) is 0. The Morgan fingerprint density at radius 2 is 1.79 bits per heavy atom. The van der Waals surface area contributed by atoms with Crippen molar-refractivity contribution in [3.8, 4) is 11.1 Å². The van der Waals surface area contributed by atoms with E-state index in [1.165, 1.54) is 58.2 Å². The van der Waals surface area contributed by atoms with Crippen molar-refractivity contribution < 1.29 is 4.79 Å². The maximum absolute atomic E-state index is 12.3. The van der Waals surface area contributed by atoms with Gasteiger partial charge in [-0.1, -0.05) is 82.2 Å². The van der Waals surface area contributed by atoms with Gasteiger partial charge in [0.1, 0.15) is 0 Å². The molecule has 0 spiro atoms. The van der Waals surface area contributed by atoms with Crippen molar-refractivity contribution in [3.05, 3.63) is 89.5 Å². The maximum atomic E-state index is 12.3. The highest BCUT2D eigenvalue weighted by Crippen LogP contribution is 2.51. The Morgan fingerprint density at radius 3 is 2.45 bits per heavy atom. The highest BCUT2D eigenvalue weighted by molar-refractivity contribution is 6.03. The SMILES string of the molecule is C=CCCC1c2ccc(C(=C)CC/C=C\C)cc2-c2c1ccc1c2CCC1=O.CCCCC. The lowest BCUT2D eigenvalue weighted by Crippen LogP contribution is -1.98. The van der Waals surface area contributed by atoms with Crippen molar-refractivity contribution in [1.29, 1.82) is 0 Å². The summed E-state index contributed by atoms with van der Waals surface area (Å²) in [7, 11) is 0. The second-order valence-corrected chi connectivity index (χ2v) is 9.26. The fourth-order valence-corrected chi connectivity index (χ4v) is 5.15. The van der Waals surface area contributed by atoms with E-state index in [1.807, 2.05) is 6.08 Å². The minimum atomic E-state index is 0.292. The molecule has 2 aliphatic carbocycles. The third kappa shape index (κ3) is 5.46. The molecule has 0 N–H and O–H groups in total. The zero-order valence-corrected chi connectivity index (χ0v) is 20.9. The first kappa shape index (κ1) is 25.0. The van der Waals surface area contributed by atoms with Crippen LogP contribution in [-0.2, 0) is 6.42 Å². The second-order valence-electron chi connectivity index (χ2n) is 9.26. The largest absolute Gasteiger partial charge is 0.294 e. The Labute approximate surface area is 201 Å². The van der Waals surface area contributed by atoms with Gasteiger partial charge in [0.15, 0.2) is 5.78 Å². The first-order valence-electron chi connectivity index (χ1n) is 12.8. The number of Topliss-reactive ketones (excluding diaryl/α,β-unsaturated/α-hetero) is 1. The summed E-state index contributed by atoms with van der Waals surface area (Å²) in [4.78, 5) is 12.3. The second kappa shape index (κ2) is 12.0. The van der Waals surface area contributed by atoms with E-state index in [-0.39, 0.29) is 0 Å². The first-order valence-corrected chi connectivity index (χ1v) is 12.8. The minimum absolute atomic E-state index is 0.292. The summed E-state index contributed by atoms with van der Waals surface area (Å²) in [6.45, 7) is 14.7. The average Bonchev–Trinajstić information content (AvgIpc) is 3.36. The standard InChI is InChI=1S/C27H28O.C5H12/c1-4-6-8-9-18(3)19-11-12-21-20(10-7-5-2)23-14-13-22-24(15-16-26(22)28)27(23)25(21)17-19;1-3-5-4-2/h4-6,11-14,17,20H,2-3,7-10,15-16H2,1H3;3-5H2,1-2H3/b6-4-;. The predicted octanol–water partition coefficient (Wildman–Crippen LogP) is 9.46. The van der Waals surface area contributed by atoms with Gasteiger partial charge >= 0.3 is 0 Å². The first-order chi connectivity index (χ1) is 16.1. The van der Waals surface area contributed by atoms with Gasteiger partial charge in [0, 0.05) is 17.9 Å². The molecule has 2 aliphatic rings. The van der Waals surface area contributed by atoms with Gasteiger partial charge in [0.05, 0.1) is 0 Å². The summed E-state index contributed by atoms with van der Waals surface area (Å²) in [5, 5.41) is 0. The number of ketones is 1. The molecule has 174 valence electrons. The molecule has 0 bridgehead atoms. The molecule has 4 rings (SSSR count). The molecule has 0 aromatic heterocycles. The Kier molecular flexibility index (Phi) is 9.06. The number of benzene rings is 2. The van der Waals surface area contributed by atoms with Crippen LogP contribution in [0, 0.1) is 0 Å². The summed E-state index contributed by atoms with van der Waals surface area (Å²) < 4.78 is 0. The number of carbonyl (C=O) groups is 1. The van der Waals surface area contributed by atoms with Gasteiger partial charge in [-0.3, -0.25) is 4.79 Å². The van der Waals surface area contributed by atoms with Gasteiger partial charge in [-0.2, -0.15) is 0 Å². The van der Waals surface area contributed by atoms with E-state index in [9.17, 15) is 4.79 Å². The Morgan fingerprint density at radius 1 is 1.03 bits per heavy atom. The molecule has 1 nitrogen and oxygen atoms in total. The van der Waals surface area contributed by atoms with E-state index < -0.39 is 0 Å². The van der Waals surface area contributed by atoms with Crippen LogP contribution in [0.5, 0.6) is 0 Å². The normalized spacial score (nSPS) is 15.6. The van der Waals surface area contributed by atoms with E-state index in [0.717, 1.165) is 37.7 Å². The molecule has 2 aromatic carbocycles.